The first kappa shape index (κ1) is 22.7. The van der Waals surface area contributed by atoms with Crippen molar-refractivity contribution in [2.24, 2.45) is 0 Å². The summed E-state index contributed by atoms with van der Waals surface area (Å²) in [5, 5.41) is 3.12. The van der Waals surface area contributed by atoms with Crippen molar-refractivity contribution < 1.29 is 22.4 Å². The Morgan fingerprint density at radius 2 is 1.88 bits per heavy atom. The molecule has 0 aliphatic carbocycles. The first-order valence-corrected chi connectivity index (χ1v) is 12.4. The van der Waals surface area contributed by atoms with E-state index in [1.165, 1.54) is 30.3 Å². The molecule has 2 amide bonds. The molecule has 2 aromatic rings. The van der Waals surface area contributed by atoms with Crippen LogP contribution in [0.25, 0.3) is 0 Å². The normalized spacial score (nSPS) is 19.3. The van der Waals surface area contributed by atoms with E-state index in [0.717, 1.165) is 30.2 Å². The van der Waals surface area contributed by atoms with Gasteiger partial charge in [0, 0.05) is 29.1 Å². The molecule has 4 rings (SSSR count). The van der Waals surface area contributed by atoms with Crippen molar-refractivity contribution in [1.82, 2.24) is 10.2 Å². The number of hydrogen-bond acceptors (Lipinski definition) is 5. The topological polar surface area (TPSA) is 86.8 Å². The summed E-state index contributed by atoms with van der Waals surface area (Å²) >= 11 is 6.30. The first-order chi connectivity index (χ1) is 15.3. The number of sulfonamides is 1. The number of likely N-dealkylation sites (tertiary alicyclic amines) is 1. The van der Waals surface area contributed by atoms with Gasteiger partial charge in [0.2, 0.25) is 15.9 Å². The molecule has 1 N–H and O–H groups in total. The van der Waals surface area contributed by atoms with Crippen LogP contribution in [0.3, 0.4) is 0 Å². The number of carbonyl (C=O) groups excluding carboxylic acids is 2. The Morgan fingerprint density at radius 3 is 2.53 bits per heavy atom. The van der Waals surface area contributed by atoms with Crippen LogP contribution in [0.4, 0.5) is 10.1 Å². The number of anilines is 1. The summed E-state index contributed by atoms with van der Waals surface area (Å²) in [5.74, 6) is -1.65. The highest BCUT2D eigenvalue weighted by molar-refractivity contribution is 7.94. The number of halogens is 2. The Balaban J connectivity index is 1.55. The molecule has 2 fully saturated rings. The Hall–Kier alpha value is -2.49. The number of benzene rings is 2. The van der Waals surface area contributed by atoms with E-state index in [0.29, 0.717) is 10.6 Å². The van der Waals surface area contributed by atoms with Crippen LogP contribution in [0, 0.1) is 5.82 Å². The molecule has 7 nitrogen and oxygen atoms in total. The molecule has 1 atom stereocenters. The monoisotopic (exact) mass is 479 g/mol. The van der Waals surface area contributed by atoms with Gasteiger partial charge in [0.25, 0.3) is 5.91 Å². The number of amides is 2. The second-order valence-corrected chi connectivity index (χ2v) is 10.2. The summed E-state index contributed by atoms with van der Waals surface area (Å²) in [7, 11) is -3.73. The minimum absolute atomic E-state index is 0.0837. The molecule has 2 aliphatic rings. The zero-order chi connectivity index (χ0) is 22.9. The Kier molecular flexibility index (Phi) is 6.50. The maximum atomic E-state index is 14.6. The number of hydrogen-bond donors (Lipinski definition) is 1. The third kappa shape index (κ3) is 4.51. The predicted octanol–water partition coefficient (Wildman–Crippen LogP) is 3.11. The van der Waals surface area contributed by atoms with Gasteiger partial charge >= 0.3 is 0 Å². The molecule has 2 aromatic carbocycles. The minimum Gasteiger partial charge on any atom is -0.350 e. The van der Waals surface area contributed by atoms with Gasteiger partial charge < -0.3 is 5.32 Å². The molecule has 0 spiro atoms. The third-order valence-electron chi connectivity index (χ3n) is 5.79. The lowest BCUT2D eigenvalue weighted by Crippen LogP contribution is -2.37. The van der Waals surface area contributed by atoms with Crippen molar-refractivity contribution in [2.45, 2.75) is 25.3 Å². The van der Waals surface area contributed by atoms with Crippen molar-refractivity contribution in [2.75, 3.05) is 29.7 Å². The fourth-order valence-corrected chi connectivity index (χ4v) is 5.97. The van der Waals surface area contributed by atoms with Crippen molar-refractivity contribution in [3.05, 3.63) is 64.4 Å². The van der Waals surface area contributed by atoms with E-state index in [1.54, 1.807) is 12.1 Å². The second-order valence-electron chi connectivity index (χ2n) is 7.88. The molecule has 0 aromatic heterocycles. The summed E-state index contributed by atoms with van der Waals surface area (Å²) < 4.78 is 39.7. The highest BCUT2D eigenvalue weighted by Crippen LogP contribution is 2.32. The van der Waals surface area contributed by atoms with E-state index in [9.17, 15) is 22.4 Å². The maximum Gasteiger partial charge on any atom is 0.251 e. The molecule has 2 heterocycles. The van der Waals surface area contributed by atoms with Crippen LogP contribution in [-0.2, 0) is 14.8 Å². The quantitative estimate of drug-likeness (QED) is 0.688. The SMILES string of the molecule is O=C(NC[C@@H](c1c(F)cccc1Cl)N1CCCC1)c1cccc(N2C(=O)CCS2(=O)=O)c1. The predicted molar refractivity (Wildman–Crippen MR) is 120 cm³/mol. The number of rotatable bonds is 6. The zero-order valence-corrected chi connectivity index (χ0v) is 18.8. The summed E-state index contributed by atoms with van der Waals surface area (Å²) in [6, 6.07) is 9.99. The lowest BCUT2D eigenvalue weighted by Gasteiger charge is -2.29. The molecule has 0 radical (unpaired) electrons. The van der Waals surface area contributed by atoms with Gasteiger partial charge in [-0.25, -0.2) is 17.1 Å². The van der Waals surface area contributed by atoms with Gasteiger partial charge in [-0.1, -0.05) is 23.7 Å². The molecule has 2 saturated heterocycles. The zero-order valence-electron chi connectivity index (χ0n) is 17.3. The van der Waals surface area contributed by atoms with Crippen LogP contribution < -0.4 is 9.62 Å². The van der Waals surface area contributed by atoms with E-state index in [2.05, 4.69) is 10.2 Å². The van der Waals surface area contributed by atoms with Crippen molar-refractivity contribution in [3.63, 3.8) is 0 Å². The van der Waals surface area contributed by atoms with Gasteiger partial charge in [-0.05, 0) is 56.3 Å². The highest BCUT2D eigenvalue weighted by atomic mass is 35.5. The van der Waals surface area contributed by atoms with Crippen molar-refractivity contribution >= 4 is 39.1 Å². The summed E-state index contributed by atoms with van der Waals surface area (Å²) in [6.07, 6.45) is 1.88. The standard InChI is InChI=1S/C22H23ClFN3O4S/c23-17-7-4-8-18(24)21(17)19(26-10-1-2-11-26)14-25-22(29)15-5-3-6-16(13-15)27-20(28)9-12-32(27,30)31/h3-8,13,19H,1-2,9-12,14H2,(H,25,29)/t19-/m0/s1. The van der Waals surface area contributed by atoms with Gasteiger partial charge in [0.05, 0.1) is 17.5 Å². The van der Waals surface area contributed by atoms with E-state index < -0.39 is 33.7 Å². The van der Waals surface area contributed by atoms with Crippen molar-refractivity contribution in [3.8, 4) is 0 Å². The first-order valence-electron chi connectivity index (χ1n) is 10.4. The second kappa shape index (κ2) is 9.17. The Bertz CT molecular complexity index is 1130. The van der Waals surface area contributed by atoms with Crippen LogP contribution in [0.15, 0.2) is 42.5 Å². The number of carbonyl (C=O) groups is 2. The van der Waals surface area contributed by atoms with Crippen LogP contribution >= 0.6 is 11.6 Å². The van der Waals surface area contributed by atoms with Crippen LogP contribution in [0.5, 0.6) is 0 Å². The summed E-state index contributed by atoms with van der Waals surface area (Å²) in [4.78, 5) is 27.0. The van der Waals surface area contributed by atoms with E-state index >= 15 is 0 Å². The van der Waals surface area contributed by atoms with Crippen LogP contribution in [0.1, 0.15) is 41.2 Å². The van der Waals surface area contributed by atoms with Gasteiger partial charge in [-0.3, -0.25) is 14.5 Å². The average molecular weight is 480 g/mol. The van der Waals surface area contributed by atoms with Gasteiger partial charge in [0.1, 0.15) is 5.82 Å². The molecule has 170 valence electrons. The van der Waals surface area contributed by atoms with Gasteiger partial charge in [-0.15, -0.1) is 0 Å². The highest BCUT2D eigenvalue weighted by Gasteiger charge is 2.36. The molecule has 2 aliphatic heterocycles. The third-order valence-corrected chi connectivity index (χ3v) is 7.81. The summed E-state index contributed by atoms with van der Waals surface area (Å²) in [5.41, 5.74) is 0.685. The van der Waals surface area contributed by atoms with Crippen LogP contribution in [-0.4, -0.2) is 50.5 Å². The van der Waals surface area contributed by atoms with Gasteiger partial charge in [0.15, 0.2) is 0 Å². The lowest BCUT2D eigenvalue weighted by molar-refractivity contribution is -0.116. The smallest absolute Gasteiger partial charge is 0.251 e. The van der Waals surface area contributed by atoms with Gasteiger partial charge in [-0.2, -0.15) is 0 Å². The lowest BCUT2D eigenvalue weighted by atomic mass is 10.0. The van der Waals surface area contributed by atoms with Crippen LogP contribution in [0.2, 0.25) is 5.02 Å². The van der Waals surface area contributed by atoms with E-state index in [-0.39, 0.29) is 30.0 Å². The fraction of sp³-hybridized carbons (Fsp3) is 0.364. The maximum absolute atomic E-state index is 14.6. The largest absolute Gasteiger partial charge is 0.350 e. The average Bonchev–Trinajstić information content (AvgIpc) is 3.37. The Morgan fingerprint density at radius 1 is 1.16 bits per heavy atom. The molecular weight excluding hydrogens is 457 g/mol. The molecule has 0 bridgehead atoms. The number of nitrogens with one attached hydrogen (secondary N) is 1. The molecule has 10 heteroatoms. The number of nitrogens with zero attached hydrogens (tertiary/aromatic N) is 2. The molecule has 0 unspecified atom stereocenters. The summed E-state index contributed by atoms with van der Waals surface area (Å²) in [6.45, 7) is 1.68. The Labute approximate surface area is 191 Å². The van der Waals surface area contributed by atoms with Crippen molar-refractivity contribution in [1.29, 1.82) is 0 Å². The molecular formula is C22H23ClFN3O4S. The van der Waals surface area contributed by atoms with E-state index in [1.807, 2.05) is 0 Å². The fourth-order valence-electron chi connectivity index (χ4n) is 4.23. The molecule has 0 saturated carbocycles. The molecule has 32 heavy (non-hydrogen) atoms. The van der Waals surface area contributed by atoms with E-state index in [4.69, 9.17) is 11.6 Å². The minimum atomic E-state index is -3.73.